The van der Waals surface area contributed by atoms with Crippen LogP contribution < -0.4 is 21.3 Å². The third-order valence-corrected chi connectivity index (χ3v) is 2.74. The number of carbonyl (C=O) groups excluding carboxylic acids is 2. The standard InChI is InChI=1S/C15H28N4O2/c1-3-14(20)18-12-6-10-16-8-5-9-17-11-7-13-19-15(21)4-2/h3-4,16-17H,1-2,5-13H2,(H,18,20)(H,19,21). The Kier molecular flexibility index (Phi) is 13.6. The summed E-state index contributed by atoms with van der Waals surface area (Å²) in [5.41, 5.74) is 0. The van der Waals surface area contributed by atoms with Gasteiger partial charge in [-0.3, -0.25) is 9.59 Å². The zero-order chi connectivity index (χ0) is 15.8. The SMILES string of the molecule is C=CC(=O)NCCCNCCCNCCCNC(=O)C=C. The van der Waals surface area contributed by atoms with E-state index in [9.17, 15) is 9.59 Å². The van der Waals surface area contributed by atoms with Gasteiger partial charge in [0.2, 0.25) is 11.8 Å². The fourth-order valence-corrected chi connectivity index (χ4v) is 1.58. The first-order valence-corrected chi connectivity index (χ1v) is 7.42. The van der Waals surface area contributed by atoms with Crippen LogP contribution in [0.5, 0.6) is 0 Å². The summed E-state index contributed by atoms with van der Waals surface area (Å²) >= 11 is 0. The third-order valence-electron chi connectivity index (χ3n) is 2.74. The maximum absolute atomic E-state index is 10.9. The summed E-state index contributed by atoms with van der Waals surface area (Å²) in [5.74, 6) is -0.244. The Hall–Kier alpha value is -1.66. The molecule has 0 aromatic carbocycles. The summed E-state index contributed by atoms with van der Waals surface area (Å²) in [5, 5.41) is 12.1. The quantitative estimate of drug-likeness (QED) is 0.267. The normalized spacial score (nSPS) is 9.90. The number of hydrogen-bond donors (Lipinski definition) is 4. The molecule has 0 radical (unpaired) electrons. The lowest BCUT2D eigenvalue weighted by Gasteiger charge is -2.07. The minimum absolute atomic E-state index is 0.122. The minimum Gasteiger partial charge on any atom is -0.353 e. The topological polar surface area (TPSA) is 82.3 Å². The van der Waals surface area contributed by atoms with E-state index in [4.69, 9.17) is 0 Å². The number of carbonyl (C=O) groups is 2. The van der Waals surface area contributed by atoms with Gasteiger partial charge in [0.15, 0.2) is 0 Å². The van der Waals surface area contributed by atoms with Crippen LogP contribution in [0.3, 0.4) is 0 Å². The predicted octanol–water partition coefficient (Wildman–Crippen LogP) is -0.0597. The van der Waals surface area contributed by atoms with Gasteiger partial charge in [0.25, 0.3) is 0 Å². The van der Waals surface area contributed by atoms with Gasteiger partial charge in [-0.05, 0) is 57.6 Å². The van der Waals surface area contributed by atoms with Crippen LogP contribution in [0.1, 0.15) is 19.3 Å². The van der Waals surface area contributed by atoms with Crippen LogP contribution in [0.2, 0.25) is 0 Å². The average molecular weight is 296 g/mol. The molecule has 6 heteroatoms. The Morgan fingerprint density at radius 1 is 0.667 bits per heavy atom. The van der Waals surface area contributed by atoms with E-state index in [0.717, 1.165) is 45.4 Å². The monoisotopic (exact) mass is 296 g/mol. The lowest BCUT2D eigenvalue weighted by Crippen LogP contribution is -2.28. The Morgan fingerprint density at radius 2 is 1.00 bits per heavy atom. The Labute approximate surface area is 127 Å². The zero-order valence-electron chi connectivity index (χ0n) is 12.7. The smallest absolute Gasteiger partial charge is 0.243 e. The summed E-state index contributed by atoms with van der Waals surface area (Å²) in [7, 11) is 0. The van der Waals surface area contributed by atoms with Gasteiger partial charge in [-0.25, -0.2) is 0 Å². The third kappa shape index (κ3) is 14.6. The molecule has 120 valence electrons. The van der Waals surface area contributed by atoms with Crippen molar-refractivity contribution in [3.05, 3.63) is 25.3 Å². The highest BCUT2D eigenvalue weighted by Crippen LogP contribution is 1.79. The lowest BCUT2D eigenvalue weighted by molar-refractivity contribution is -0.117. The molecule has 0 bridgehead atoms. The molecular formula is C15H28N4O2. The van der Waals surface area contributed by atoms with Crippen molar-refractivity contribution in [3.63, 3.8) is 0 Å². The van der Waals surface area contributed by atoms with E-state index in [1.807, 2.05) is 0 Å². The van der Waals surface area contributed by atoms with Crippen molar-refractivity contribution in [1.29, 1.82) is 0 Å². The number of hydrogen-bond acceptors (Lipinski definition) is 4. The molecular weight excluding hydrogens is 268 g/mol. The van der Waals surface area contributed by atoms with Crippen molar-refractivity contribution < 1.29 is 9.59 Å². The van der Waals surface area contributed by atoms with Crippen molar-refractivity contribution >= 4 is 11.8 Å². The first kappa shape index (κ1) is 19.3. The second-order valence-corrected chi connectivity index (χ2v) is 4.55. The van der Waals surface area contributed by atoms with Crippen molar-refractivity contribution in [2.45, 2.75) is 19.3 Å². The van der Waals surface area contributed by atoms with Crippen molar-refractivity contribution in [3.8, 4) is 0 Å². The van der Waals surface area contributed by atoms with Crippen molar-refractivity contribution in [2.24, 2.45) is 0 Å². The van der Waals surface area contributed by atoms with E-state index in [-0.39, 0.29) is 11.8 Å². The van der Waals surface area contributed by atoms with Gasteiger partial charge in [-0.1, -0.05) is 13.2 Å². The van der Waals surface area contributed by atoms with Gasteiger partial charge in [0, 0.05) is 13.1 Å². The summed E-state index contributed by atoms with van der Waals surface area (Å²) in [4.78, 5) is 21.7. The fourth-order valence-electron chi connectivity index (χ4n) is 1.58. The van der Waals surface area contributed by atoms with Gasteiger partial charge in [0.05, 0.1) is 0 Å². The van der Waals surface area contributed by atoms with Crippen LogP contribution >= 0.6 is 0 Å². The second kappa shape index (κ2) is 14.7. The molecule has 0 heterocycles. The molecule has 0 aliphatic carbocycles. The Bertz CT molecular complexity index is 289. The molecule has 0 unspecified atom stereocenters. The molecule has 0 saturated heterocycles. The molecule has 0 aromatic heterocycles. The fraction of sp³-hybridized carbons (Fsp3) is 0.600. The molecule has 0 aromatic rings. The molecule has 0 saturated carbocycles. The first-order chi connectivity index (χ1) is 10.2. The van der Waals surface area contributed by atoms with Gasteiger partial charge in [-0.15, -0.1) is 0 Å². The number of amides is 2. The number of rotatable bonds is 14. The van der Waals surface area contributed by atoms with Crippen LogP contribution in [0, 0.1) is 0 Å². The van der Waals surface area contributed by atoms with E-state index in [0.29, 0.717) is 13.1 Å². The molecule has 0 aliphatic rings. The predicted molar refractivity (Wildman–Crippen MR) is 86.0 cm³/mol. The van der Waals surface area contributed by atoms with Gasteiger partial charge in [-0.2, -0.15) is 0 Å². The van der Waals surface area contributed by atoms with Gasteiger partial charge >= 0.3 is 0 Å². The Morgan fingerprint density at radius 3 is 1.33 bits per heavy atom. The van der Waals surface area contributed by atoms with Crippen LogP contribution in [0.4, 0.5) is 0 Å². The summed E-state index contributed by atoms with van der Waals surface area (Å²) in [6.07, 6.45) is 5.44. The average Bonchev–Trinajstić information content (AvgIpc) is 2.51. The maximum atomic E-state index is 10.9. The lowest BCUT2D eigenvalue weighted by atomic mass is 10.3. The molecule has 6 nitrogen and oxygen atoms in total. The van der Waals surface area contributed by atoms with Gasteiger partial charge in [0.1, 0.15) is 0 Å². The molecule has 0 spiro atoms. The van der Waals surface area contributed by atoms with Crippen LogP contribution in [0.15, 0.2) is 25.3 Å². The van der Waals surface area contributed by atoms with Crippen LogP contribution in [-0.4, -0.2) is 51.1 Å². The highest BCUT2D eigenvalue weighted by atomic mass is 16.2. The molecule has 0 fully saturated rings. The van der Waals surface area contributed by atoms with E-state index in [2.05, 4.69) is 34.4 Å². The summed E-state index contributed by atoms with van der Waals surface area (Å²) in [6.45, 7) is 11.8. The summed E-state index contributed by atoms with van der Waals surface area (Å²) in [6, 6.07) is 0. The zero-order valence-corrected chi connectivity index (χ0v) is 12.7. The van der Waals surface area contributed by atoms with E-state index < -0.39 is 0 Å². The van der Waals surface area contributed by atoms with E-state index in [1.54, 1.807) is 0 Å². The highest BCUT2D eigenvalue weighted by molar-refractivity contribution is 5.87. The van der Waals surface area contributed by atoms with Crippen LogP contribution in [0.25, 0.3) is 0 Å². The molecule has 0 atom stereocenters. The van der Waals surface area contributed by atoms with Crippen LogP contribution in [-0.2, 0) is 9.59 Å². The molecule has 2 amide bonds. The molecule has 4 N–H and O–H groups in total. The second-order valence-electron chi connectivity index (χ2n) is 4.55. The maximum Gasteiger partial charge on any atom is 0.243 e. The van der Waals surface area contributed by atoms with E-state index >= 15 is 0 Å². The molecule has 0 rings (SSSR count). The number of nitrogens with one attached hydrogen (secondary N) is 4. The molecule has 0 aliphatic heterocycles. The van der Waals surface area contributed by atoms with Crippen molar-refractivity contribution in [1.82, 2.24) is 21.3 Å². The minimum atomic E-state index is -0.122. The molecule has 21 heavy (non-hydrogen) atoms. The largest absolute Gasteiger partial charge is 0.353 e. The Balaban J connectivity index is 3.09. The first-order valence-electron chi connectivity index (χ1n) is 7.42. The highest BCUT2D eigenvalue weighted by Gasteiger charge is 1.94. The van der Waals surface area contributed by atoms with E-state index in [1.165, 1.54) is 12.2 Å². The van der Waals surface area contributed by atoms with Crippen molar-refractivity contribution in [2.75, 3.05) is 39.3 Å². The summed E-state index contributed by atoms with van der Waals surface area (Å²) < 4.78 is 0. The van der Waals surface area contributed by atoms with Gasteiger partial charge < -0.3 is 21.3 Å².